The van der Waals surface area contributed by atoms with Gasteiger partial charge in [-0.1, -0.05) is 17.7 Å². The SMILES string of the molecule is Cc1nn(C)c(Cl)c1CC(=O)c1cccc(Br)c1F. The molecule has 1 heterocycles. The van der Waals surface area contributed by atoms with Gasteiger partial charge in [-0.2, -0.15) is 5.10 Å². The molecular weight excluding hydrogens is 335 g/mol. The zero-order chi connectivity index (χ0) is 14.2. The first-order valence-corrected chi connectivity index (χ1v) is 6.74. The van der Waals surface area contributed by atoms with E-state index < -0.39 is 5.82 Å². The molecule has 0 radical (unpaired) electrons. The summed E-state index contributed by atoms with van der Waals surface area (Å²) in [5.74, 6) is -0.873. The van der Waals surface area contributed by atoms with E-state index in [0.717, 1.165) is 0 Å². The number of hydrogen-bond acceptors (Lipinski definition) is 2. The number of carbonyl (C=O) groups is 1. The molecule has 0 bridgehead atoms. The smallest absolute Gasteiger partial charge is 0.170 e. The van der Waals surface area contributed by atoms with Crippen molar-refractivity contribution in [2.24, 2.45) is 7.05 Å². The minimum Gasteiger partial charge on any atom is -0.294 e. The number of benzene rings is 1. The Morgan fingerprint density at radius 1 is 1.53 bits per heavy atom. The van der Waals surface area contributed by atoms with Gasteiger partial charge in [0.1, 0.15) is 11.0 Å². The number of aryl methyl sites for hydroxylation is 2. The topological polar surface area (TPSA) is 34.9 Å². The van der Waals surface area contributed by atoms with Crippen LogP contribution >= 0.6 is 27.5 Å². The molecule has 0 fully saturated rings. The molecule has 100 valence electrons. The van der Waals surface area contributed by atoms with Crippen molar-refractivity contribution in [2.75, 3.05) is 0 Å². The van der Waals surface area contributed by atoms with E-state index in [2.05, 4.69) is 21.0 Å². The summed E-state index contributed by atoms with van der Waals surface area (Å²) in [7, 11) is 1.70. The highest BCUT2D eigenvalue weighted by atomic mass is 79.9. The predicted molar refractivity (Wildman–Crippen MR) is 75.1 cm³/mol. The number of carbonyl (C=O) groups excluding carboxylic acids is 1. The van der Waals surface area contributed by atoms with Gasteiger partial charge in [-0.3, -0.25) is 9.48 Å². The molecule has 1 aromatic heterocycles. The van der Waals surface area contributed by atoms with Gasteiger partial charge >= 0.3 is 0 Å². The number of rotatable bonds is 3. The van der Waals surface area contributed by atoms with Crippen molar-refractivity contribution in [1.82, 2.24) is 9.78 Å². The Kier molecular flexibility index (Phi) is 4.06. The first kappa shape index (κ1) is 14.2. The largest absolute Gasteiger partial charge is 0.294 e. The fraction of sp³-hybridized carbons (Fsp3) is 0.231. The van der Waals surface area contributed by atoms with E-state index in [1.54, 1.807) is 26.1 Å². The monoisotopic (exact) mass is 344 g/mol. The third-order valence-electron chi connectivity index (χ3n) is 2.86. The summed E-state index contributed by atoms with van der Waals surface area (Å²) < 4.78 is 15.6. The second-order valence-corrected chi connectivity index (χ2v) is 5.39. The van der Waals surface area contributed by atoms with Gasteiger partial charge in [0.25, 0.3) is 0 Å². The van der Waals surface area contributed by atoms with Gasteiger partial charge in [0.2, 0.25) is 0 Å². The van der Waals surface area contributed by atoms with Crippen LogP contribution in [0.15, 0.2) is 22.7 Å². The molecule has 0 aliphatic rings. The van der Waals surface area contributed by atoms with Crippen molar-refractivity contribution in [3.05, 3.63) is 50.5 Å². The summed E-state index contributed by atoms with van der Waals surface area (Å²) in [5, 5.41) is 4.53. The summed E-state index contributed by atoms with van der Waals surface area (Å²) in [6, 6.07) is 4.63. The van der Waals surface area contributed by atoms with Gasteiger partial charge in [-0.25, -0.2) is 4.39 Å². The molecule has 0 atom stereocenters. The highest BCUT2D eigenvalue weighted by Crippen LogP contribution is 2.23. The number of ketones is 1. The van der Waals surface area contributed by atoms with Gasteiger partial charge < -0.3 is 0 Å². The Bertz CT molecular complexity index is 654. The molecule has 3 nitrogen and oxygen atoms in total. The summed E-state index contributed by atoms with van der Waals surface area (Å²) in [5.41, 5.74) is 1.36. The number of aromatic nitrogens is 2. The van der Waals surface area contributed by atoms with Crippen LogP contribution in [0.5, 0.6) is 0 Å². The van der Waals surface area contributed by atoms with Crippen LogP contribution in [-0.4, -0.2) is 15.6 Å². The molecule has 1 aromatic carbocycles. The third kappa shape index (κ3) is 2.72. The molecule has 2 aromatic rings. The van der Waals surface area contributed by atoms with Gasteiger partial charge in [0.05, 0.1) is 15.7 Å². The maximum Gasteiger partial charge on any atom is 0.170 e. The van der Waals surface area contributed by atoms with Crippen LogP contribution in [0, 0.1) is 12.7 Å². The Morgan fingerprint density at radius 2 is 2.21 bits per heavy atom. The zero-order valence-corrected chi connectivity index (χ0v) is 12.7. The average Bonchev–Trinajstić information content (AvgIpc) is 2.59. The Balaban J connectivity index is 2.34. The molecule has 19 heavy (non-hydrogen) atoms. The lowest BCUT2D eigenvalue weighted by Crippen LogP contribution is -2.07. The van der Waals surface area contributed by atoms with Crippen LogP contribution in [0.2, 0.25) is 5.15 Å². The number of Topliss-reactive ketones (excluding diaryl/α,β-unsaturated/α-hetero) is 1. The molecule has 0 aliphatic carbocycles. The van der Waals surface area contributed by atoms with E-state index in [0.29, 0.717) is 16.4 Å². The average molecular weight is 346 g/mol. The first-order valence-electron chi connectivity index (χ1n) is 5.57. The normalized spacial score (nSPS) is 10.8. The van der Waals surface area contributed by atoms with Crippen molar-refractivity contribution < 1.29 is 9.18 Å². The van der Waals surface area contributed by atoms with E-state index >= 15 is 0 Å². The van der Waals surface area contributed by atoms with Crippen molar-refractivity contribution in [3.63, 3.8) is 0 Å². The highest BCUT2D eigenvalue weighted by molar-refractivity contribution is 9.10. The standard InChI is InChI=1S/C13H11BrClFN2O/c1-7-9(13(15)18(2)17-7)6-11(19)8-4-3-5-10(14)12(8)16/h3-5H,6H2,1-2H3. The molecule has 0 N–H and O–H groups in total. The lowest BCUT2D eigenvalue weighted by molar-refractivity contribution is 0.0988. The van der Waals surface area contributed by atoms with Crippen LogP contribution in [0.25, 0.3) is 0 Å². The van der Waals surface area contributed by atoms with Crippen molar-refractivity contribution in [3.8, 4) is 0 Å². The maximum absolute atomic E-state index is 13.8. The summed E-state index contributed by atoms with van der Waals surface area (Å²) in [6.07, 6.45) is 0.0336. The highest BCUT2D eigenvalue weighted by Gasteiger charge is 2.19. The minimum atomic E-state index is -0.551. The first-order chi connectivity index (χ1) is 8.91. The Hall–Kier alpha value is -1.20. The lowest BCUT2D eigenvalue weighted by atomic mass is 10.0. The zero-order valence-electron chi connectivity index (χ0n) is 10.4. The molecule has 0 aliphatic heterocycles. The summed E-state index contributed by atoms with van der Waals surface area (Å²) in [4.78, 5) is 12.1. The van der Waals surface area contributed by atoms with Crippen LogP contribution < -0.4 is 0 Å². The second kappa shape index (κ2) is 5.43. The number of halogens is 3. The number of hydrogen-bond donors (Lipinski definition) is 0. The molecule has 0 spiro atoms. The van der Waals surface area contributed by atoms with Gasteiger partial charge in [-0.05, 0) is 35.0 Å². The Labute approximate surface area is 123 Å². The van der Waals surface area contributed by atoms with Gasteiger partial charge in [0, 0.05) is 19.0 Å². The molecule has 0 amide bonds. The van der Waals surface area contributed by atoms with Crippen LogP contribution in [0.4, 0.5) is 4.39 Å². The molecule has 0 saturated carbocycles. The van der Waals surface area contributed by atoms with E-state index in [1.807, 2.05) is 0 Å². The molecule has 6 heteroatoms. The second-order valence-electron chi connectivity index (χ2n) is 4.18. The van der Waals surface area contributed by atoms with E-state index in [9.17, 15) is 9.18 Å². The number of nitrogens with zero attached hydrogens (tertiary/aromatic N) is 2. The van der Waals surface area contributed by atoms with Crippen molar-refractivity contribution >= 4 is 33.3 Å². The van der Waals surface area contributed by atoms with Gasteiger partial charge in [0.15, 0.2) is 5.78 Å². The molecule has 2 rings (SSSR count). The Morgan fingerprint density at radius 3 is 2.79 bits per heavy atom. The minimum absolute atomic E-state index is 0.0336. The van der Waals surface area contributed by atoms with Crippen molar-refractivity contribution in [1.29, 1.82) is 0 Å². The third-order valence-corrected chi connectivity index (χ3v) is 3.94. The molecule has 0 saturated heterocycles. The van der Waals surface area contributed by atoms with E-state index in [1.165, 1.54) is 10.7 Å². The predicted octanol–water partition coefficient (Wildman–Crippen LogP) is 3.71. The fourth-order valence-electron chi connectivity index (χ4n) is 1.85. The van der Waals surface area contributed by atoms with Crippen molar-refractivity contribution in [2.45, 2.75) is 13.3 Å². The summed E-state index contributed by atoms with van der Waals surface area (Å²) in [6.45, 7) is 1.77. The maximum atomic E-state index is 13.8. The van der Waals surface area contributed by atoms with Crippen LogP contribution in [0.1, 0.15) is 21.6 Å². The van der Waals surface area contributed by atoms with E-state index in [4.69, 9.17) is 11.6 Å². The molecular formula is C13H11BrClFN2O. The van der Waals surface area contributed by atoms with Gasteiger partial charge in [-0.15, -0.1) is 0 Å². The fourth-order valence-corrected chi connectivity index (χ4v) is 2.46. The van der Waals surface area contributed by atoms with E-state index in [-0.39, 0.29) is 22.2 Å². The lowest BCUT2D eigenvalue weighted by Gasteiger charge is -2.04. The van der Waals surface area contributed by atoms with Crippen LogP contribution in [0.3, 0.4) is 0 Å². The molecule has 0 unspecified atom stereocenters. The summed E-state index contributed by atoms with van der Waals surface area (Å²) >= 11 is 9.12. The quantitative estimate of drug-likeness (QED) is 0.795. The van der Waals surface area contributed by atoms with Crippen LogP contribution in [-0.2, 0) is 13.5 Å².